The van der Waals surface area contributed by atoms with Gasteiger partial charge in [-0.3, -0.25) is 0 Å². The average Bonchev–Trinajstić information content (AvgIpc) is 2.41. The van der Waals surface area contributed by atoms with Crippen LogP contribution in [0, 0.1) is 6.92 Å². The molecule has 1 unspecified atom stereocenters. The highest BCUT2D eigenvalue weighted by molar-refractivity contribution is 9.10. The Balaban J connectivity index is 2.71. The summed E-state index contributed by atoms with van der Waals surface area (Å²) in [5.74, 6) is 0.568. The van der Waals surface area contributed by atoms with Crippen molar-refractivity contribution in [1.29, 1.82) is 0 Å². The number of rotatable bonds is 8. The molecule has 1 N–H and O–H groups in total. The van der Waals surface area contributed by atoms with Gasteiger partial charge in [0, 0.05) is 13.7 Å². The van der Waals surface area contributed by atoms with Crippen LogP contribution < -0.4 is 10.1 Å². The maximum Gasteiger partial charge on any atom is 0.228 e. The van der Waals surface area contributed by atoms with Crippen molar-refractivity contribution in [3.05, 3.63) is 16.2 Å². The molecule has 0 spiro atoms. The SMILES string of the molecule is CCCOCC(C)Oc1nc(C)c(/N=C\NC)cc1Br. The predicted octanol–water partition coefficient (Wildman–Crippen LogP) is 3.23. The molecule has 112 valence electrons. The number of aliphatic imine (C=N–C) groups is 1. The van der Waals surface area contributed by atoms with Crippen LogP contribution in [0.1, 0.15) is 26.0 Å². The number of aromatic nitrogens is 1. The lowest BCUT2D eigenvalue weighted by Crippen LogP contribution is -2.20. The van der Waals surface area contributed by atoms with Crippen LogP contribution in [0.5, 0.6) is 5.88 Å². The summed E-state index contributed by atoms with van der Waals surface area (Å²) in [7, 11) is 1.80. The normalized spacial score (nSPS) is 12.7. The van der Waals surface area contributed by atoms with Gasteiger partial charge in [-0.15, -0.1) is 0 Å². The average molecular weight is 344 g/mol. The van der Waals surface area contributed by atoms with E-state index >= 15 is 0 Å². The third-order valence-electron chi connectivity index (χ3n) is 2.45. The Bertz CT molecular complexity index is 452. The molecule has 0 fully saturated rings. The summed E-state index contributed by atoms with van der Waals surface area (Å²) < 4.78 is 12.0. The van der Waals surface area contributed by atoms with Gasteiger partial charge in [0.05, 0.1) is 28.8 Å². The van der Waals surface area contributed by atoms with E-state index in [0.717, 1.165) is 28.9 Å². The zero-order valence-electron chi connectivity index (χ0n) is 12.4. The van der Waals surface area contributed by atoms with Gasteiger partial charge in [0.25, 0.3) is 0 Å². The van der Waals surface area contributed by atoms with Gasteiger partial charge in [-0.05, 0) is 42.3 Å². The number of pyridine rings is 1. The van der Waals surface area contributed by atoms with Gasteiger partial charge < -0.3 is 14.8 Å². The highest BCUT2D eigenvalue weighted by Gasteiger charge is 2.11. The molecule has 0 amide bonds. The van der Waals surface area contributed by atoms with Gasteiger partial charge in [0.15, 0.2) is 0 Å². The minimum absolute atomic E-state index is 0.0450. The molecule has 0 aromatic carbocycles. The Morgan fingerprint density at radius 1 is 1.55 bits per heavy atom. The van der Waals surface area contributed by atoms with Crippen LogP contribution in [0.3, 0.4) is 0 Å². The molecule has 0 radical (unpaired) electrons. The van der Waals surface area contributed by atoms with Crippen molar-refractivity contribution in [3.63, 3.8) is 0 Å². The number of aryl methyl sites for hydroxylation is 1. The molecule has 0 saturated carbocycles. The fraction of sp³-hybridized carbons (Fsp3) is 0.571. The van der Waals surface area contributed by atoms with Gasteiger partial charge in [0.1, 0.15) is 6.10 Å². The molecular weight excluding hydrogens is 322 g/mol. The minimum atomic E-state index is -0.0450. The van der Waals surface area contributed by atoms with Gasteiger partial charge in [-0.2, -0.15) is 0 Å². The third kappa shape index (κ3) is 5.46. The first-order chi connectivity index (χ1) is 9.58. The van der Waals surface area contributed by atoms with E-state index < -0.39 is 0 Å². The van der Waals surface area contributed by atoms with Gasteiger partial charge >= 0.3 is 0 Å². The fourth-order valence-corrected chi connectivity index (χ4v) is 1.91. The molecule has 20 heavy (non-hydrogen) atoms. The van der Waals surface area contributed by atoms with E-state index in [4.69, 9.17) is 9.47 Å². The van der Waals surface area contributed by atoms with E-state index in [2.05, 4.69) is 38.1 Å². The molecule has 1 atom stereocenters. The number of ether oxygens (including phenoxy) is 2. The van der Waals surface area contributed by atoms with Crippen LogP contribution in [0.4, 0.5) is 5.69 Å². The van der Waals surface area contributed by atoms with Crippen LogP contribution in [0.25, 0.3) is 0 Å². The smallest absolute Gasteiger partial charge is 0.228 e. The maximum atomic E-state index is 5.78. The van der Waals surface area contributed by atoms with E-state index in [1.807, 2.05) is 19.9 Å². The number of hydrogen-bond donors (Lipinski definition) is 1. The second-order valence-electron chi connectivity index (χ2n) is 4.43. The molecule has 5 nitrogen and oxygen atoms in total. The molecule has 6 heteroatoms. The molecule has 1 rings (SSSR count). The van der Waals surface area contributed by atoms with Crippen molar-refractivity contribution in [2.75, 3.05) is 20.3 Å². The zero-order chi connectivity index (χ0) is 15.0. The molecular formula is C14H22BrN3O2. The first-order valence-electron chi connectivity index (χ1n) is 6.69. The number of nitrogens with one attached hydrogen (secondary N) is 1. The van der Waals surface area contributed by atoms with Gasteiger partial charge in [-0.25, -0.2) is 9.98 Å². The van der Waals surface area contributed by atoms with Gasteiger partial charge in [0.2, 0.25) is 5.88 Å². The van der Waals surface area contributed by atoms with Crippen molar-refractivity contribution < 1.29 is 9.47 Å². The van der Waals surface area contributed by atoms with Crippen LogP contribution in [-0.4, -0.2) is 37.7 Å². The van der Waals surface area contributed by atoms with Crippen LogP contribution in [0.15, 0.2) is 15.5 Å². The molecule has 0 saturated heterocycles. The van der Waals surface area contributed by atoms with Crippen molar-refractivity contribution >= 4 is 28.0 Å². The lowest BCUT2D eigenvalue weighted by atomic mass is 10.3. The maximum absolute atomic E-state index is 5.78. The van der Waals surface area contributed by atoms with Gasteiger partial charge in [-0.1, -0.05) is 6.92 Å². The molecule has 0 aliphatic carbocycles. The first-order valence-corrected chi connectivity index (χ1v) is 7.49. The lowest BCUT2D eigenvalue weighted by molar-refractivity contribution is 0.0563. The fourth-order valence-electron chi connectivity index (χ4n) is 1.51. The molecule has 0 aliphatic rings. The first kappa shape index (κ1) is 16.9. The summed E-state index contributed by atoms with van der Waals surface area (Å²) in [5, 5.41) is 2.86. The van der Waals surface area contributed by atoms with Crippen LogP contribution in [-0.2, 0) is 4.74 Å². The number of nitrogens with zero attached hydrogens (tertiary/aromatic N) is 2. The quantitative estimate of drug-likeness (QED) is 0.447. The molecule has 1 aromatic heterocycles. The molecule has 1 heterocycles. The summed E-state index contributed by atoms with van der Waals surface area (Å²) in [5.41, 5.74) is 1.62. The summed E-state index contributed by atoms with van der Waals surface area (Å²) in [4.78, 5) is 8.68. The summed E-state index contributed by atoms with van der Waals surface area (Å²) in [6.45, 7) is 7.25. The number of halogens is 1. The van der Waals surface area contributed by atoms with E-state index in [9.17, 15) is 0 Å². The molecule has 0 bridgehead atoms. The van der Waals surface area contributed by atoms with Crippen molar-refractivity contribution in [3.8, 4) is 5.88 Å². The summed E-state index contributed by atoms with van der Waals surface area (Å²) >= 11 is 3.46. The van der Waals surface area contributed by atoms with E-state index in [-0.39, 0.29) is 6.10 Å². The Morgan fingerprint density at radius 2 is 2.30 bits per heavy atom. The summed E-state index contributed by atoms with van der Waals surface area (Å²) in [6.07, 6.45) is 2.58. The van der Waals surface area contributed by atoms with E-state index in [0.29, 0.717) is 12.5 Å². The molecule has 1 aromatic rings. The topological polar surface area (TPSA) is 55.7 Å². The Kier molecular flexibility index (Phi) is 7.54. The predicted molar refractivity (Wildman–Crippen MR) is 85.1 cm³/mol. The van der Waals surface area contributed by atoms with E-state index in [1.54, 1.807) is 13.4 Å². The molecule has 0 aliphatic heterocycles. The van der Waals surface area contributed by atoms with Crippen molar-refractivity contribution in [2.24, 2.45) is 4.99 Å². The Labute approximate surface area is 128 Å². The highest BCUT2D eigenvalue weighted by atomic mass is 79.9. The monoisotopic (exact) mass is 343 g/mol. The van der Waals surface area contributed by atoms with E-state index in [1.165, 1.54) is 0 Å². The Hall–Kier alpha value is -1.14. The largest absolute Gasteiger partial charge is 0.471 e. The summed E-state index contributed by atoms with van der Waals surface area (Å²) in [6, 6.07) is 1.89. The minimum Gasteiger partial charge on any atom is -0.471 e. The zero-order valence-corrected chi connectivity index (χ0v) is 14.0. The second-order valence-corrected chi connectivity index (χ2v) is 5.28. The number of hydrogen-bond acceptors (Lipinski definition) is 4. The second kappa shape index (κ2) is 8.92. The van der Waals surface area contributed by atoms with Crippen LogP contribution >= 0.6 is 15.9 Å². The third-order valence-corrected chi connectivity index (χ3v) is 3.02. The standard InChI is InChI=1S/C14H22BrN3O2/c1-5-6-19-8-10(2)20-14-12(15)7-13(11(3)18-14)17-9-16-4/h7,9-10H,5-6,8H2,1-4H3,(H,16,17). The van der Waals surface area contributed by atoms with Crippen LogP contribution in [0.2, 0.25) is 0 Å². The van der Waals surface area contributed by atoms with Crippen molar-refractivity contribution in [1.82, 2.24) is 10.3 Å². The van der Waals surface area contributed by atoms with Crippen molar-refractivity contribution in [2.45, 2.75) is 33.3 Å². The lowest BCUT2D eigenvalue weighted by Gasteiger charge is -2.16. The highest BCUT2D eigenvalue weighted by Crippen LogP contribution is 2.30. The Morgan fingerprint density at radius 3 is 2.95 bits per heavy atom.